The summed E-state index contributed by atoms with van der Waals surface area (Å²) in [5.74, 6) is -1.77. The Morgan fingerprint density at radius 2 is 2.28 bits per heavy atom. The number of rotatable bonds is 3. The van der Waals surface area contributed by atoms with Crippen LogP contribution in [0.15, 0.2) is 24.5 Å². The van der Waals surface area contributed by atoms with E-state index in [9.17, 15) is 9.18 Å². The maximum atomic E-state index is 13.4. The lowest BCUT2D eigenvalue weighted by atomic mass is 10.1. The molecule has 0 spiro atoms. The largest absolute Gasteiger partial charge is 0.478 e. The zero-order valence-corrected chi connectivity index (χ0v) is 9.54. The van der Waals surface area contributed by atoms with E-state index in [0.29, 0.717) is 11.3 Å². The fourth-order valence-electron chi connectivity index (χ4n) is 1.32. The number of aromatic nitrogens is 4. The number of carboxylic acids is 1. The van der Waals surface area contributed by atoms with Crippen LogP contribution in [-0.4, -0.2) is 31.3 Å². The zero-order valence-electron chi connectivity index (χ0n) is 8.79. The molecule has 0 atom stereocenters. The molecular formula is C10H6ClFN4O2. The molecule has 1 aromatic carbocycles. The number of aliphatic carboxylic acids is 1. The van der Waals surface area contributed by atoms with Crippen molar-refractivity contribution in [2.75, 3.05) is 0 Å². The minimum absolute atomic E-state index is 0.114. The summed E-state index contributed by atoms with van der Waals surface area (Å²) in [4.78, 5) is 10.5. The molecule has 0 unspecified atom stereocenters. The highest BCUT2D eigenvalue weighted by atomic mass is 35.5. The molecule has 2 rings (SSSR count). The van der Waals surface area contributed by atoms with Gasteiger partial charge in [-0.3, -0.25) is 0 Å². The average molecular weight is 269 g/mol. The Morgan fingerprint density at radius 3 is 2.89 bits per heavy atom. The van der Waals surface area contributed by atoms with E-state index in [1.807, 2.05) is 0 Å². The molecule has 1 N–H and O–H groups in total. The first-order valence-corrected chi connectivity index (χ1v) is 5.09. The number of halogens is 2. The van der Waals surface area contributed by atoms with Crippen molar-refractivity contribution in [1.82, 2.24) is 20.2 Å². The molecule has 0 amide bonds. The Bertz CT molecular complexity index is 613. The Hall–Kier alpha value is -2.28. The van der Waals surface area contributed by atoms with E-state index in [4.69, 9.17) is 16.7 Å². The average Bonchev–Trinajstić information content (AvgIpc) is 2.83. The molecule has 1 aromatic heterocycles. The molecule has 0 aliphatic rings. The first-order chi connectivity index (χ1) is 8.58. The van der Waals surface area contributed by atoms with Crippen molar-refractivity contribution in [3.8, 4) is 5.69 Å². The molecule has 0 bridgehead atoms. The molecule has 0 radical (unpaired) electrons. The van der Waals surface area contributed by atoms with Gasteiger partial charge in [-0.1, -0.05) is 11.6 Å². The van der Waals surface area contributed by atoms with Crippen LogP contribution < -0.4 is 0 Å². The number of hydrogen-bond acceptors (Lipinski definition) is 4. The summed E-state index contributed by atoms with van der Waals surface area (Å²) in [6, 6.07) is 2.42. The van der Waals surface area contributed by atoms with Gasteiger partial charge in [-0.15, -0.1) is 5.10 Å². The first-order valence-electron chi connectivity index (χ1n) is 4.71. The number of carboxylic acid groups (broad SMARTS) is 1. The van der Waals surface area contributed by atoms with Crippen LogP contribution in [0.5, 0.6) is 0 Å². The van der Waals surface area contributed by atoms with E-state index < -0.39 is 11.8 Å². The number of carbonyl (C=O) groups is 1. The first kappa shape index (κ1) is 12.2. The van der Waals surface area contributed by atoms with Gasteiger partial charge in [0.15, 0.2) is 0 Å². The summed E-state index contributed by atoms with van der Waals surface area (Å²) in [6.45, 7) is 0. The summed E-state index contributed by atoms with van der Waals surface area (Å²) in [5, 5.41) is 18.9. The third-order valence-electron chi connectivity index (χ3n) is 2.07. The maximum absolute atomic E-state index is 13.4. The molecule has 6 nitrogen and oxygen atoms in total. The van der Waals surface area contributed by atoms with E-state index in [1.165, 1.54) is 23.2 Å². The van der Waals surface area contributed by atoms with Crippen molar-refractivity contribution < 1.29 is 14.3 Å². The maximum Gasteiger partial charge on any atom is 0.328 e. The molecule has 2 aromatic rings. The van der Waals surface area contributed by atoms with Crippen LogP contribution in [0, 0.1) is 5.82 Å². The van der Waals surface area contributed by atoms with Crippen LogP contribution in [0.2, 0.25) is 5.02 Å². The molecule has 92 valence electrons. The van der Waals surface area contributed by atoms with Crippen LogP contribution in [0.3, 0.4) is 0 Å². The van der Waals surface area contributed by atoms with Gasteiger partial charge in [-0.25, -0.2) is 9.18 Å². The van der Waals surface area contributed by atoms with Gasteiger partial charge >= 0.3 is 5.97 Å². The topological polar surface area (TPSA) is 80.9 Å². The monoisotopic (exact) mass is 268 g/mol. The summed E-state index contributed by atoms with van der Waals surface area (Å²) in [5.41, 5.74) is 0.676. The number of benzene rings is 1. The van der Waals surface area contributed by atoms with Crippen molar-refractivity contribution in [2.24, 2.45) is 0 Å². The zero-order chi connectivity index (χ0) is 13.1. The van der Waals surface area contributed by atoms with E-state index in [1.54, 1.807) is 0 Å². The van der Waals surface area contributed by atoms with Crippen LogP contribution in [0.25, 0.3) is 11.8 Å². The predicted octanol–water partition coefficient (Wildman–Crippen LogP) is 1.55. The summed E-state index contributed by atoms with van der Waals surface area (Å²) in [7, 11) is 0. The molecular weight excluding hydrogens is 263 g/mol. The Labute approximate surface area is 105 Å². The lowest BCUT2D eigenvalue weighted by Gasteiger charge is -2.06. The van der Waals surface area contributed by atoms with Crippen LogP contribution in [0.4, 0.5) is 4.39 Å². The van der Waals surface area contributed by atoms with Crippen LogP contribution in [-0.2, 0) is 4.79 Å². The van der Waals surface area contributed by atoms with Crippen molar-refractivity contribution in [3.05, 3.63) is 40.9 Å². The minimum atomic E-state index is -1.13. The third-order valence-corrected chi connectivity index (χ3v) is 2.36. The number of hydrogen-bond donors (Lipinski definition) is 1. The molecule has 8 heteroatoms. The van der Waals surface area contributed by atoms with Gasteiger partial charge in [-0.05, 0) is 22.6 Å². The Kier molecular flexibility index (Phi) is 3.33. The predicted molar refractivity (Wildman–Crippen MR) is 60.8 cm³/mol. The molecule has 0 aliphatic heterocycles. The second kappa shape index (κ2) is 4.92. The second-order valence-electron chi connectivity index (χ2n) is 3.25. The summed E-state index contributed by atoms with van der Waals surface area (Å²) in [6.07, 6.45) is 3.46. The molecule has 0 aliphatic carbocycles. The van der Waals surface area contributed by atoms with Gasteiger partial charge in [0.05, 0.1) is 10.7 Å². The number of tetrazole rings is 1. The molecule has 18 heavy (non-hydrogen) atoms. The van der Waals surface area contributed by atoms with E-state index in [-0.39, 0.29) is 5.02 Å². The van der Waals surface area contributed by atoms with Gasteiger partial charge in [0.2, 0.25) is 0 Å². The van der Waals surface area contributed by atoms with Gasteiger partial charge in [0, 0.05) is 17.7 Å². The van der Waals surface area contributed by atoms with Gasteiger partial charge < -0.3 is 5.11 Å². The fourth-order valence-corrected chi connectivity index (χ4v) is 1.49. The van der Waals surface area contributed by atoms with Gasteiger partial charge in [0.25, 0.3) is 0 Å². The Morgan fingerprint density at radius 1 is 1.50 bits per heavy atom. The quantitative estimate of drug-likeness (QED) is 0.854. The molecule has 0 saturated heterocycles. The second-order valence-corrected chi connectivity index (χ2v) is 3.66. The van der Waals surface area contributed by atoms with Crippen LogP contribution >= 0.6 is 11.6 Å². The van der Waals surface area contributed by atoms with Crippen molar-refractivity contribution in [1.29, 1.82) is 0 Å². The minimum Gasteiger partial charge on any atom is -0.478 e. The highest BCUT2D eigenvalue weighted by Crippen LogP contribution is 2.23. The van der Waals surface area contributed by atoms with Crippen molar-refractivity contribution in [2.45, 2.75) is 0 Å². The van der Waals surface area contributed by atoms with E-state index in [2.05, 4.69) is 15.5 Å². The van der Waals surface area contributed by atoms with E-state index >= 15 is 0 Å². The smallest absolute Gasteiger partial charge is 0.328 e. The highest BCUT2D eigenvalue weighted by molar-refractivity contribution is 6.31. The lowest BCUT2D eigenvalue weighted by molar-refractivity contribution is -0.131. The number of nitrogens with zero attached hydrogens (tertiary/aromatic N) is 4. The van der Waals surface area contributed by atoms with Gasteiger partial charge in [0.1, 0.15) is 12.1 Å². The fraction of sp³-hybridized carbons (Fsp3) is 0. The SMILES string of the molecule is O=C(O)C=Cc1cc(Cl)c(F)cc1-n1cnnn1. The van der Waals surface area contributed by atoms with E-state index in [0.717, 1.165) is 12.1 Å². The molecule has 0 saturated carbocycles. The van der Waals surface area contributed by atoms with Crippen molar-refractivity contribution in [3.63, 3.8) is 0 Å². The van der Waals surface area contributed by atoms with Crippen molar-refractivity contribution >= 4 is 23.6 Å². The normalized spacial score (nSPS) is 11.0. The lowest BCUT2D eigenvalue weighted by Crippen LogP contribution is -2.00. The van der Waals surface area contributed by atoms with Gasteiger partial charge in [-0.2, -0.15) is 4.68 Å². The highest BCUT2D eigenvalue weighted by Gasteiger charge is 2.10. The molecule has 1 heterocycles. The Balaban J connectivity index is 2.56. The molecule has 0 fully saturated rings. The standard InChI is InChI=1S/C10H6ClFN4O2/c11-7-3-6(1-2-10(17)18)9(4-8(7)12)16-5-13-14-15-16/h1-5H,(H,17,18). The summed E-state index contributed by atoms with van der Waals surface area (Å²) >= 11 is 5.65. The van der Waals surface area contributed by atoms with Crippen LogP contribution in [0.1, 0.15) is 5.56 Å². The third kappa shape index (κ3) is 2.51. The summed E-state index contributed by atoms with van der Waals surface area (Å²) < 4.78 is 14.6.